The summed E-state index contributed by atoms with van der Waals surface area (Å²) in [6.07, 6.45) is 4.00. The molecule has 2 aliphatic rings. The van der Waals surface area contributed by atoms with Gasteiger partial charge < -0.3 is 29.1 Å². The number of carboxylic acid groups (broad SMARTS) is 1. The lowest BCUT2D eigenvalue weighted by Crippen LogP contribution is -2.34. The van der Waals surface area contributed by atoms with E-state index in [2.05, 4.69) is 10.3 Å². The first-order valence-corrected chi connectivity index (χ1v) is 11.7. The minimum atomic E-state index is -1.25. The number of hydrogen-bond donors (Lipinski definition) is 2. The van der Waals surface area contributed by atoms with Crippen molar-refractivity contribution in [1.82, 2.24) is 10.3 Å². The number of carboxylic acids is 1. The Kier molecular flexibility index (Phi) is 6.72. The van der Waals surface area contributed by atoms with Gasteiger partial charge in [0.15, 0.2) is 23.0 Å². The number of nitrogens with zero attached hydrogens (tertiary/aromatic N) is 1. The molecule has 0 radical (unpaired) electrons. The number of oxazole rings is 1. The van der Waals surface area contributed by atoms with Gasteiger partial charge in [0.25, 0.3) is 0 Å². The summed E-state index contributed by atoms with van der Waals surface area (Å²) >= 11 is 0. The quantitative estimate of drug-likeness (QED) is 0.484. The first-order valence-electron chi connectivity index (χ1n) is 11.7. The van der Waals surface area contributed by atoms with E-state index in [1.807, 2.05) is 0 Å². The van der Waals surface area contributed by atoms with Gasteiger partial charge in [0.2, 0.25) is 5.89 Å². The highest BCUT2D eigenvalue weighted by atomic mass is 16.6. The van der Waals surface area contributed by atoms with Crippen molar-refractivity contribution < 1.29 is 33.3 Å². The van der Waals surface area contributed by atoms with Crippen LogP contribution in [0, 0.1) is 11.8 Å². The zero-order chi connectivity index (χ0) is 24.5. The second kappa shape index (κ2) is 9.56. The topological polar surface area (TPSA) is 120 Å². The lowest BCUT2D eigenvalue weighted by Gasteiger charge is -2.21. The van der Waals surface area contributed by atoms with Gasteiger partial charge in [-0.3, -0.25) is 0 Å². The molecule has 0 spiro atoms. The number of amides is 1. The van der Waals surface area contributed by atoms with Crippen LogP contribution in [0.5, 0.6) is 11.5 Å². The fourth-order valence-electron chi connectivity index (χ4n) is 3.31. The number of alkyl carbamates (subject to hydrolysis) is 1. The number of carbonyl (C=O) groups is 2. The zero-order valence-corrected chi connectivity index (χ0v) is 20.1. The molecule has 0 bridgehead atoms. The zero-order valence-electron chi connectivity index (χ0n) is 20.1. The van der Waals surface area contributed by atoms with E-state index in [1.165, 1.54) is 12.8 Å². The monoisotopic (exact) mass is 472 g/mol. The predicted octanol–water partition coefficient (Wildman–Crippen LogP) is 5.20. The van der Waals surface area contributed by atoms with Crippen LogP contribution in [-0.2, 0) is 4.74 Å². The average molecular weight is 473 g/mol. The Morgan fingerprint density at radius 3 is 2.29 bits per heavy atom. The van der Waals surface area contributed by atoms with Gasteiger partial charge in [-0.15, -0.1) is 0 Å². The molecule has 1 amide bonds. The van der Waals surface area contributed by atoms with Crippen molar-refractivity contribution in [1.29, 1.82) is 0 Å². The van der Waals surface area contributed by atoms with E-state index in [0.717, 1.165) is 12.8 Å². The predicted molar refractivity (Wildman–Crippen MR) is 123 cm³/mol. The van der Waals surface area contributed by atoms with E-state index in [0.29, 0.717) is 42.1 Å². The molecule has 1 atom stereocenters. The summed E-state index contributed by atoms with van der Waals surface area (Å²) in [6, 6.07) is 4.55. The molecule has 34 heavy (non-hydrogen) atoms. The number of nitrogens with one attached hydrogen (secondary N) is 1. The first-order chi connectivity index (χ1) is 16.1. The van der Waals surface area contributed by atoms with Gasteiger partial charge in [-0.25, -0.2) is 14.6 Å². The number of aromatic carboxylic acids is 1. The Hall–Kier alpha value is -3.23. The summed E-state index contributed by atoms with van der Waals surface area (Å²) in [4.78, 5) is 28.2. The maximum atomic E-state index is 12.2. The van der Waals surface area contributed by atoms with Crippen LogP contribution in [0.25, 0.3) is 11.5 Å². The number of benzene rings is 1. The van der Waals surface area contributed by atoms with E-state index in [4.69, 9.17) is 18.6 Å². The standard InChI is InChI=1S/C25H32N2O7/c1-14(26-24(30)34-25(2,3)4)21-20(23(28)29)27-22(33-21)17-9-10-18(31-12-15-5-6-15)19(11-17)32-13-16-7-8-16/h9-11,14-16H,5-8,12-13H2,1-4H3,(H,26,30)(H,28,29)/t14-/m0/s1. The maximum Gasteiger partial charge on any atom is 0.408 e. The van der Waals surface area contributed by atoms with Crippen LogP contribution in [0.15, 0.2) is 22.6 Å². The van der Waals surface area contributed by atoms with Gasteiger partial charge >= 0.3 is 12.1 Å². The summed E-state index contributed by atoms with van der Waals surface area (Å²) in [5.41, 5.74) is -0.400. The molecule has 4 rings (SSSR count). The van der Waals surface area contributed by atoms with Crippen molar-refractivity contribution in [2.75, 3.05) is 13.2 Å². The van der Waals surface area contributed by atoms with Crippen LogP contribution in [0.4, 0.5) is 4.79 Å². The number of rotatable bonds is 10. The van der Waals surface area contributed by atoms with Crippen LogP contribution in [0.3, 0.4) is 0 Å². The Balaban J connectivity index is 1.56. The lowest BCUT2D eigenvalue weighted by atomic mass is 10.2. The third kappa shape index (κ3) is 6.42. The smallest absolute Gasteiger partial charge is 0.408 e. The molecule has 1 aromatic heterocycles. The molecular weight excluding hydrogens is 440 g/mol. The molecule has 2 N–H and O–H groups in total. The second-order valence-corrected chi connectivity index (χ2v) is 10.1. The number of hydrogen-bond acceptors (Lipinski definition) is 7. The van der Waals surface area contributed by atoms with Crippen LogP contribution >= 0.6 is 0 Å². The van der Waals surface area contributed by atoms with Crippen molar-refractivity contribution in [3.05, 3.63) is 29.7 Å². The molecule has 9 nitrogen and oxygen atoms in total. The van der Waals surface area contributed by atoms with Gasteiger partial charge in [0, 0.05) is 5.56 Å². The Morgan fingerprint density at radius 1 is 1.12 bits per heavy atom. The maximum absolute atomic E-state index is 12.2. The molecule has 0 aliphatic heterocycles. The molecule has 9 heteroatoms. The fourth-order valence-corrected chi connectivity index (χ4v) is 3.31. The molecular formula is C25H32N2O7. The molecule has 1 aromatic carbocycles. The summed E-state index contributed by atoms with van der Waals surface area (Å²) in [7, 11) is 0. The lowest BCUT2D eigenvalue weighted by molar-refractivity contribution is 0.0498. The second-order valence-electron chi connectivity index (χ2n) is 10.1. The van der Waals surface area contributed by atoms with Crippen LogP contribution in [-0.4, -0.2) is 41.0 Å². The highest BCUT2D eigenvalue weighted by Crippen LogP contribution is 2.38. The van der Waals surface area contributed by atoms with E-state index in [-0.39, 0.29) is 17.3 Å². The van der Waals surface area contributed by atoms with Crippen LogP contribution in [0.2, 0.25) is 0 Å². The fraction of sp³-hybridized carbons (Fsp3) is 0.560. The third-order valence-electron chi connectivity index (χ3n) is 5.52. The molecule has 2 aliphatic carbocycles. The molecule has 0 unspecified atom stereocenters. The van der Waals surface area contributed by atoms with Crippen molar-refractivity contribution >= 4 is 12.1 Å². The molecule has 184 valence electrons. The number of aromatic nitrogens is 1. The minimum Gasteiger partial charge on any atom is -0.489 e. The van der Waals surface area contributed by atoms with E-state index >= 15 is 0 Å². The summed E-state index contributed by atoms with van der Waals surface area (Å²) < 4.78 is 23.1. The number of carbonyl (C=O) groups excluding carboxylic acids is 1. The highest BCUT2D eigenvalue weighted by Gasteiger charge is 2.28. The molecule has 2 fully saturated rings. The molecule has 2 aromatic rings. The minimum absolute atomic E-state index is 0.0304. The highest BCUT2D eigenvalue weighted by molar-refractivity contribution is 5.87. The van der Waals surface area contributed by atoms with Crippen molar-refractivity contribution in [3.63, 3.8) is 0 Å². The van der Waals surface area contributed by atoms with E-state index in [9.17, 15) is 14.7 Å². The van der Waals surface area contributed by atoms with Crippen molar-refractivity contribution in [3.8, 4) is 23.0 Å². The van der Waals surface area contributed by atoms with Gasteiger partial charge in [-0.2, -0.15) is 0 Å². The van der Waals surface area contributed by atoms with Crippen molar-refractivity contribution in [2.24, 2.45) is 11.8 Å². The van der Waals surface area contributed by atoms with Crippen molar-refractivity contribution in [2.45, 2.75) is 65.0 Å². The van der Waals surface area contributed by atoms with Gasteiger partial charge in [-0.05, 0) is 83.4 Å². The Morgan fingerprint density at radius 2 is 1.74 bits per heavy atom. The third-order valence-corrected chi connectivity index (χ3v) is 5.52. The SMILES string of the molecule is C[C@H](NC(=O)OC(C)(C)C)c1oc(-c2ccc(OCC3CC3)c(OCC3CC3)c2)nc1C(=O)O. The molecule has 0 saturated heterocycles. The Labute approximate surface area is 198 Å². The number of ether oxygens (including phenoxy) is 3. The first kappa shape index (κ1) is 23.9. The average Bonchev–Trinajstić information content (AvgIpc) is 3.67. The summed E-state index contributed by atoms with van der Waals surface area (Å²) in [5, 5.41) is 12.3. The van der Waals surface area contributed by atoms with E-state index < -0.39 is 23.7 Å². The normalized spacial score (nSPS) is 16.6. The van der Waals surface area contributed by atoms with Gasteiger partial charge in [-0.1, -0.05) is 0 Å². The molecule has 1 heterocycles. The van der Waals surface area contributed by atoms with Gasteiger partial charge in [0.05, 0.1) is 19.3 Å². The largest absolute Gasteiger partial charge is 0.489 e. The van der Waals surface area contributed by atoms with Gasteiger partial charge in [0.1, 0.15) is 5.60 Å². The van der Waals surface area contributed by atoms with E-state index in [1.54, 1.807) is 45.9 Å². The summed E-state index contributed by atoms with van der Waals surface area (Å²) in [6.45, 7) is 8.10. The Bertz CT molecular complexity index is 1050. The summed E-state index contributed by atoms with van der Waals surface area (Å²) in [5.74, 6) is 1.30. The molecule has 2 saturated carbocycles. The van der Waals surface area contributed by atoms with Crippen LogP contribution < -0.4 is 14.8 Å². The van der Waals surface area contributed by atoms with Crippen LogP contribution in [0.1, 0.15) is 75.7 Å².